The molecule has 1 atom stereocenters. The van der Waals surface area contributed by atoms with Crippen molar-refractivity contribution < 1.29 is 4.79 Å². The molecular weight excluding hydrogens is 176 g/mol. The van der Waals surface area contributed by atoms with E-state index in [4.69, 9.17) is 5.73 Å². The summed E-state index contributed by atoms with van der Waals surface area (Å²) in [6.45, 7) is 3.65. The highest BCUT2D eigenvalue weighted by molar-refractivity contribution is 5.81. The van der Waals surface area contributed by atoms with Gasteiger partial charge in [0.15, 0.2) is 0 Å². The number of rotatable bonds is 2. The minimum Gasteiger partial charge on any atom is -0.336 e. The van der Waals surface area contributed by atoms with Crippen molar-refractivity contribution in [2.45, 2.75) is 44.6 Å². The van der Waals surface area contributed by atoms with Gasteiger partial charge in [-0.25, -0.2) is 0 Å². The Morgan fingerprint density at radius 1 is 1.50 bits per heavy atom. The van der Waals surface area contributed by atoms with Crippen LogP contribution in [-0.4, -0.2) is 29.4 Å². The predicted octanol–water partition coefficient (Wildman–Crippen LogP) is 1.13. The Morgan fingerprint density at radius 2 is 2.21 bits per heavy atom. The summed E-state index contributed by atoms with van der Waals surface area (Å²) in [7, 11) is 0. The van der Waals surface area contributed by atoms with Crippen LogP contribution >= 0.6 is 0 Å². The molecule has 0 radical (unpaired) electrons. The summed E-state index contributed by atoms with van der Waals surface area (Å²) in [5.41, 5.74) is 5.73. The number of piperidine rings is 1. The van der Waals surface area contributed by atoms with Gasteiger partial charge in [-0.1, -0.05) is 0 Å². The molecule has 0 spiro atoms. The molecule has 2 N–H and O–H groups in total. The fourth-order valence-electron chi connectivity index (χ4n) is 2.32. The van der Waals surface area contributed by atoms with Gasteiger partial charge in [0.1, 0.15) is 0 Å². The highest BCUT2D eigenvalue weighted by atomic mass is 16.2. The summed E-state index contributed by atoms with van der Waals surface area (Å²) in [5, 5.41) is 0. The normalized spacial score (nSPS) is 33.1. The minimum absolute atomic E-state index is 0.0576. The van der Waals surface area contributed by atoms with Crippen LogP contribution in [-0.2, 0) is 4.79 Å². The van der Waals surface area contributed by atoms with Gasteiger partial charge in [-0.3, -0.25) is 4.79 Å². The van der Waals surface area contributed by atoms with E-state index in [-0.39, 0.29) is 5.54 Å². The SMILES string of the molecule is CC1(CN)CCCCN1C(=O)C1CC1. The molecular formula is C11H20N2O. The second kappa shape index (κ2) is 3.54. The van der Waals surface area contributed by atoms with Crippen LogP contribution in [0.4, 0.5) is 0 Å². The fraction of sp³-hybridized carbons (Fsp3) is 0.909. The van der Waals surface area contributed by atoms with Crippen LogP contribution in [0, 0.1) is 5.92 Å². The first-order valence-electron chi connectivity index (χ1n) is 5.69. The Morgan fingerprint density at radius 3 is 2.79 bits per heavy atom. The smallest absolute Gasteiger partial charge is 0.226 e. The molecule has 3 heteroatoms. The number of nitrogens with zero attached hydrogens (tertiary/aromatic N) is 1. The quantitative estimate of drug-likeness (QED) is 0.719. The molecule has 1 unspecified atom stereocenters. The van der Waals surface area contributed by atoms with Crippen molar-refractivity contribution in [1.82, 2.24) is 4.90 Å². The van der Waals surface area contributed by atoms with Crippen LogP contribution in [0.15, 0.2) is 0 Å². The molecule has 0 bridgehead atoms. The molecule has 14 heavy (non-hydrogen) atoms. The van der Waals surface area contributed by atoms with E-state index < -0.39 is 0 Å². The van der Waals surface area contributed by atoms with Crippen molar-refractivity contribution in [3.05, 3.63) is 0 Å². The van der Waals surface area contributed by atoms with E-state index in [9.17, 15) is 4.79 Å². The lowest BCUT2D eigenvalue weighted by Gasteiger charge is -2.44. The van der Waals surface area contributed by atoms with E-state index >= 15 is 0 Å². The van der Waals surface area contributed by atoms with Gasteiger partial charge in [0.05, 0.1) is 5.54 Å². The summed E-state index contributed by atoms with van der Waals surface area (Å²) in [6, 6.07) is 0. The highest BCUT2D eigenvalue weighted by Crippen LogP contribution is 2.36. The van der Waals surface area contributed by atoms with E-state index in [1.165, 1.54) is 6.42 Å². The van der Waals surface area contributed by atoms with Gasteiger partial charge in [0, 0.05) is 19.0 Å². The van der Waals surface area contributed by atoms with Crippen molar-refractivity contribution in [3.63, 3.8) is 0 Å². The Kier molecular flexibility index (Phi) is 2.52. The van der Waals surface area contributed by atoms with Gasteiger partial charge in [0.2, 0.25) is 5.91 Å². The van der Waals surface area contributed by atoms with Crippen LogP contribution < -0.4 is 5.73 Å². The van der Waals surface area contributed by atoms with E-state index in [0.717, 1.165) is 32.2 Å². The summed E-state index contributed by atoms with van der Waals surface area (Å²) in [6.07, 6.45) is 5.62. The Bertz CT molecular complexity index is 237. The van der Waals surface area contributed by atoms with Gasteiger partial charge in [-0.05, 0) is 39.0 Å². The molecule has 1 aliphatic heterocycles. The maximum absolute atomic E-state index is 12.0. The minimum atomic E-state index is -0.0576. The van der Waals surface area contributed by atoms with Crippen molar-refractivity contribution in [3.8, 4) is 0 Å². The molecule has 1 heterocycles. The second-order valence-electron chi connectivity index (χ2n) is 4.92. The third-order valence-electron chi connectivity index (χ3n) is 3.63. The average molecular weight is 196 g/mol. The van der Waals surface area contributed by atoms with Gasteiger partial charge in [0.25, 0.3) is 0 Å². The zero-order valence-electron chi connectivity index (χ0n) is 8.96. The van der Waals surface area contributed by atoms with Crippen LogP contribution in [0.25, 0.3) is 0 Å². The molecule has 1 amide bonds. The molecule has 1 saturated carbocycles. The monoisotopic (exact) mass is 196 g/mol. The van der Waals surface area contributed by atoms with Gasteiger partial charge >= 0.3 is 0 Å². The number of carbonyl (C=O) groups is 1. The zero-order valence-corrected chi connectivity index (χ0v) is 8.96. The summed E-state index contributed by atoms with van der Waals surface area (Å²) in [4.78, 5) is 14.1. The molecule has 0 aromatic rings. The summed E-state index contributed by atoms with van der Waals surface area (Å²) < 4.78 is 0. The lowest BCUT2D eigenvalue weighted by molar-refractivity contribution is -0.140. The van der Waals surface area contributed by atoms with Crippen molar-refractivity contribution in [2.75, 3.05) is 13.1 Å². The van der Waals surface area contributed by atoms with E-state index in [0.29, 0.717) is 18.4 Å². The molecule has 0 aromatic carbocycles. The average Bonchev–Trinajstić information content (AvgIpc) is 3.01. The molecule has 0 aromatic heterocycles. The van der Waals surface area contributed by atoms with E-state index in [1.54, 1.807) is 0 Å². The Balaban J connectivity index is 2.09. The first-order chi connectivity index (χ1) is 6.67. The molecule has 2 aliphatic rings. The topological polar surface area (TPSA) is 46.3 Å². The number of amides is 1. The fourth-order valence-corrected chi connectivity index (χ4v) is 2.32. The Labute approximate surface area is 85.6 Å². The number of likely N-dealkylation sites (tertiary alicyclic amines) is 1. The van der Waals surface area contributed by atoms with Crippen LogP contribution in [0.3, 0.4) is 0 Å². The summed E-state index contributed by atoms with van der Waals surface area (Å²) in [5.74, 6) is 0.691. The number of nitrogens with two attached hydrogens (primary N) is 1. The largest absolute Gasteiger partial charge is 0.336 e. The maximum atomic E-state index is 12.0. The van der Waals surface area contributed by atoms with Crippen LogP contribution in [0.1, 0.15) is 39.0 Å². The third kappa shape index (κ3) is 1.65. The molecule has 2 rings (SSSR count). The number of hydrogen-bond donors (Lipinski definition) is 1. The van der Waals surface area contributed by atoms with Gasteiger partial charge in [-0.2, -0.15) is 0 Å². The molecule has 3 nitrogen and oxygen atoms in total. The molecule has 1 aliphatic carbocycles. The van der Waals surface area contributed by atoms with Crippen LogP contribution in [0.5, 0.6) is 0 Å². The molecule has 2 fully saturated rings. The molecule has 1 saturated heterocycles. The van der Waals surface area contributed by atoms with Crippen LogP contribution in [0.2, 0.25) is 0 Å². The Hall–Kier alpha value is -0.570. The first-order valence-corrected chi connectivity index (χ1v) is 5.69. The van der Waals surface area contributed by atoms with E-state index in [1.807, 2.05) is 4.90 Å². The zero-order chi connectivity index (χ0) is 10.2. The lowest BCUT2D eigenvalue weighted by atomic mass is 9.88. The highest BCUT2D eigenvalue weighted by Gasteiger charge is 2.42. The maximum Gasteiger partial charge on any atom is 0.226 e. The van der Waals surface area contributed by atoms with Crippen molar-refractivity contribution >= 4 is 5.91 Å². The third-order valence-corrected chi connectivity index (χ3v) is 3.63. The van der Waals surface area contributed by atoms with Gasteiger partial charge < -0.3 is 10.6 Å². The van der Waals surface area contributed by atoms with E-state index in [2.05, 4.69) is 6.92 Å². The summed E-state index contributed by atoms with van der Waals surface area (Å²) >= 11 is 0. The predicted molar refractivity (Wildman–Crippen MR) is 55.7 cm³/mol. The number of hydrogen-bond acceptors (Lipinski definition) is 2. The lowest BCUT2D eigenvalue weighted by Crippen LogP contribution is -2.57. The first kappa shape index (κ1) is 9.97. The van der Waals surface area contributed by atoms with Crippen molar-refractivity contribution in [1.29, 1.82) is 0 Å². The molecule has 80 valence electrons. The van der Waals surface area contributed by atoms with Crippen molar-refractivity contribution in [2.24, 2.45) is 11.7 Å². The second-order valence-corrected chi connectivity index (χ2v) is 4.92. The standard InChI is InChI=1S/C11H20N2O/c1-11(8-12)6-2-3-7-13(11)10(14)9-4-5-9/h9H,2-8,12H2,1H3. The number of carbonyl (C=O) groups excluding carboxylic acids is 1. The van der Waals surface area contributed by atoms with Gasteiger partial charge in [-0.15, -0.1) is 0 Å².